The fourth-order valence-electron chi connectivity index (χ4n) is 1.03. The summed E-state index contributed by atoms with van der Waals surface area (Å²) < 4.78 is 0. The van der Waals surface area contributed by atoms with Crippen molar-refractivity contribution in [2.75, 3.05) is 13.7 Å². The van der Waals surface area contributed by atoms with Crippen LogP contribution in [0.2, 0.25) is 0 Å². The number of carboxylic acids is 1. The summed E-state index contributed by atoms with van der Waals surface area (Å²) >= 11 is 0. The minimum atomic E-state index is -0.833. The molecule has 4 nitrogen and oxygen atoms in total. The van der Waals surface area contributed by atoms with Gasteiger partial charge in [0.05, 0.1) is 0 Å². The highest BCUT2D eigenvalue weighted by molar-refractivity contribution is 5.62. The number of hydrogen-bond acceptors (Lipinski definition) is 3. The van der Waals surface area contributed by atoms with Gasteiger partial charge >= 0.3 is 0 Å². The number of aliphatic hydroxyl groups is 2. The first-order valence-corrected chi connectivity index (χ1v) is 6.81. The number of aliphatic hydroxyl groups excluding tert-OH is 2. The number of unbranched alkanes of at least 4 members (excludes halogenated alkanes) is 6. The molecule has 0 aliphatic rings. The fourth-order valence-corrected chi connectivity index (χ4v) is 1.03. The number of aliphatic carboxylic acids is 1. The van der Waals surface area contributed by atoms with Crippen molar-refractivity contribution in [3.8, 4) is 0 Å². The fraction of sp³-hybridized carbons (Fsp3) is 0.929. The summed E-state index contributed by atoms with van der Waals surface area (Å²) in [5.41, 5.74) is 0. The quantitative estimate of drug-likeness (QED) is 0.643. The molecule has 0 atom stereocenters. The van der Waals surface area contributed by atoms with Crippen molar-refractivity contribution >= 4 is 5.97 Å². The Morgan fingerprint density at radius 3 is 1.17 bits per heavy atom. The molecule has 3 N–H and O–H groups in total. The summed E-state index contributed by atoms with van der Waals surface area (Å²) in [7, 11) is 1.00. The highest BCUT2D eigenvalue weighted by atomic mass is 16.4. The molecule has 0 heterocycles. The van der Waals surface area contributed by atoms with Crippen molar-refractivity contribution < 1.29 is 20.1 Å². The normalized spacial score (nSPS) is 7.72. The van der Waals surface area contributed by atoms with E-state index in [0.717, 1.165) is 14.0 Å². The van der Waals surface area contributed by atoms with Gasteiger partial charge in [0.2, 0.25) is 0 Å². The predicted octanol–water partition coefficient (Wildman–Crippen LogP) is 3.45. The van der Waals surface area contributed by atoms with Gasteiger partial charge < -0.3 is 15.3 Å². The lowest BCUT2D eigenvalue weighted by atomic mass is 10.1. The monoisotopic (exact) mass is 266 g/mol. The van der Waals surface area contributed by atoms with Crippen LogP contribution in [0.25, 0.3) is 0 Å². The number of carboxylic acid groups (broad SMARTS) is 1. The second kappa shape index (κ2) is 36.0. The summed E-state index contributed by atoms with van der Waals surface area (Å²) in [5, 5.41) is 22.0. The molecule has 0 saturated carbocycles. The predicted molar refractivity (Wildman–Crippen MR) is 77.9 cm³/mol. The van der Waals surface area contributed by atoms with Crippen LogP contribution in [0.15, 0.2) is 0 Å². The van der Waals surface area contributed by atoms with Gasteiger partial charge in [0.25, 0.3) is 5.97 Å². The molecule has 0 radical (unpaired) electrons. The number of rotatable bonds is 6. The van der Waals surface area contributed by atoms with Crippen molar-refractivity contribution in [1.29, 1.82) is 0 Å². The first-order valence-electron chi connectivity index (χ1n) is 6.81. The first kappa shape index (κ1) is 26.1. The van der Waals surface area contributed by atoms with Crippen LogP contribution in [0.3, 0.4) is 0 Å². The van der Waals surface area contributed by atoms with E-state index in [9.17, 15) is 0 Å². The van der Waals surface area contributed by atoms with E-state index in [1.165, 1.54) is 44.9 Å². The zero-order chi connectivity index (χ0) is 15.2. The minimum Gasteiger partial charge on any atom is -0.481 e. The van der Waals surface area contributed by atoms with Crippen LogP contribution < -0.4 is 0 Å². The topological polar surface area (TPSA) is 77.8 Å². The van der Waals surface area contributed by atoms with Gasteiger partial charge in [-0.2, -0.15) is 0 Å². The molecule has 0 aromatic carbocycles. The number of hydrogen-bond donors (Lipinski definition) is 3. The SMILES string of the molecule is CC(=O)O.CCCCCCCCC.CCO.CO. The maximum atomic E-state index is 9.00. The molecule has 0 amide bonds. The lowest BCUT2D eigenvalue weighted by molar-refractivity contribution is -0.134. The Balaban J connectivity index is -0.0000000909. The van der Waals surface area contributed by atoms with Crippen LogP contribution in [-0.2, 0) is 4.79 Å². The molecule has 0 aliphatic carbocycles. The van der Waals surface area contributed by atoms with E-state index >= 15 is 0 Å². The first-order chi connectivity index (χ1) is 8.56. The highest BCUT2D eigenvalue weighted by Gasteiger charge is 1.85. The molecule has 0 aromatic rings. The number of carbonyl (C=O) groups is 1. The Morgan fingerprint density at radius 1 is 0.833 bits per heavy atom. The second-order valence-electron chi connectivity index (χ2n) is 3.60. The van der Waals surface area contributed by atoms with Crippen molar-refractivity contribution in [2.24, 2.45) is 0 Å². The Bertz CT molecular complexity index is 106. The third-order valence-corrected chi connectivity index (χ3v) is 1.71. The van der Waals surface area contributed by atoms with Crippen molar-refractivity contribution in [3.05, 3.63) is 0 Å². The average molecular weight is 266 g/mol. The molecule has 18 heavy (non-hydrogen) atoms. The summed E-state index contributed by atoms with van der Waals surface area (Å²) in [6.45, 7) is 7.54. The van der Waals surface area contributed by atoms with E-state index in [1.807, 2.05) is 0 Å². The van der Waals surface area contributed by atoms with Gasteiger partial charge in [0.15, 0.2) is 0 Å². The standard InChI is InChI=1S/C9H20.C2H4O2.C2H6O.CH4O/c1-3-5-7-9-8-6-4-2;1-2(3)4;1-2-3;1-2/h3-9H2,1-2H3;1H3,(H,3,4);3H,2H2,1H3;2H,1H3. The maximum absolute atomic E-state index is 9.00. The third kappa shape index (κ3) is 110. The largest absolute Gasteiger partial charge is 0.481 e. The zero-order valence-electron chi connectivity index (χ0n) is 12.9. The van der Waals surface area contributed by atoms with E-state index in [4.69, 9.17) is 20.1 Å². The van der Waals surface area contributed by atoms with Gasteiger partial charge in [-0.1, -0.05) is 58.8 Å². The maximum Gasteiger partial charge on any atom is 0.300 e. The third-order valence-electron chi connectivity index (χ3n) is 1.71. The summed E-state index contributed by atoms with van der Waals surface area (Å²) in [5.74, 6) is -0.833. The Kier molecular flexibility index (Phi) is 52.1. The lowest BCUT2D eigenvalue weighted by Crippen LogP contribution is -1.78. The summed E-state index contributed by atoms with van der Waals surface area (Å²) in [6.07, 6.45) is 9.97. The highest BCUT2D eigenvalue weighted by Crippen LogP contribution is 2.05. The molecule has 0 bridgehead atoms. The lowest BCUT2D eigenvalue weighted by Gasteiger charge is -1.96. The van der Waals surface area contributed by atoms with Crippen LogP contribution in [0.5, 0.6) is 0 Å². The summed E-state index contributed by atoms with van der Waals surface area (Å²) in [6, 6.07) is 0. The minimum absolute atomic E-state index is 0.250. The van der Waals surface area contributed by atoms with Crippen molar-refractivity contribution in [2.45, 2.75) is 72.6 Å². The van der Waals surface area contributed by atoms with E-state index in [-0.39, 0.29) is 6.61 Å². The molecule has 0 aromatic heterocycles. The van der Waals surface area contributed by atoms with E-state index in [2.05, 4.69) is 13.8 Å². The molecule has 0 aliphatic heterocycles. The van der Waals surface area contributed by atoms with Gasteiger partial charge in [-0.05, 0) is 6.92 Å². The summed E-state index contributed by atoms with van der Waals surface area (Å²) in [4.78, 5) is 9.00. The van der Waals surface area contributed by atoms with E-state index < -0.39 is 5.97 Å². The van der Waals surface area contributed by atoms with Gasteiger partial charge in [-0.15, -0.1) is 0 Å². The van der Waals surface area contributed by atoms with Gasteiger partial charge in [-0.3, -0.25) is 4.79 Å². The zero-order valence-corrected chi connectivity index (χ0v) is 12.9. The molecular weight excluding hydrogens is 232 g/mol. The Morgan fingerprint density at radius 2 is 1.00 bits per heavy atom. The molecule has 0 saturated heterocycles. The van der Waals surface area contributed by atoms with Crippen LogP contribution in [0, 0.1) is 0 Å². The molecule has 4 heteroatoms. The van der Waals surface area contributed by atoms with Gasteiger partial charge in [0.1, 0.15) is 0 Å². The van der Waals surface area contributed by atoms with Crippen LogP contribution in [-0.4, -0.2) is 35.0 Å². The average Bonchev–Trinajstić information content (AvgIpc) is 2.32. The molecule has 0 fully saturated rings. The Hall–Kier alpha value is -0.610. The van der Waals surface area contributed by atoms with Crippen molar-refractivity contribution in [3.63, 3.8) is 0 Å². The molecular formula is C14H34O4. The molecule has 0 rings (SSSR count). The van der Waals surface area contributed by atoms with Crippen molar-refractivity contribution in [1.82, 2.24) is 0 Å². The van der Waals surface area contributed by atoms with Crippen LogP contribution >= 0.6 is 0 Å². The second-order valence-corrected chi connectivity index (χ2v) is 3.60. The van der Waals surface area contributed by atoms with E-state index in [1.54, 1.807) is 6.92 Å². The van der Waals surface area contributed by atoms with Gasteiger partial charge in [0, 0.05) is 20.6 Å². The smallest absolute Gasteiger partial charge is 0.300 e. The van der Waals surface area contributed by atoms with Crippen LogP contribution in [0.4, 0.5) is 0 Å². The Labute approximate surface area is 113 Å². The molecule has 114 valence electrons. The molecule has 0 unspecified atom stereocenters. The van der Waals surface area contributed by atoms with Gasteiger partial charge in [-0.25, -0.2) is 0 Å². The van der Waals surface area contributed by atoms with E-state index in [0.29, 0.717) is 0 Å². The molecule has 0 spiro atoms. The van der Waals surface area contributed by atoms with Crippen LogP contribution in [0.1, 0.15) is 72.6 Å².